The third-order valence-corrected chi connectivity index (χ3v) is 6.21. The number of hydrogen-bond acceptors (Lipinski definition) is 3. The van der Waals surface area contributed by atoms with Gasteiger partial charge in [-0.05, 0) is 55.7 Å². The van der Waals surface area contributed by atoms with Crippen LogP contribution in [0.25, 0.3) is 0 Å². The summed E-state index contributed by atoms with van der Waals surface area (Å²) < 4.78 is 27.9. The number of sulfonamides is 1. The summed E-state index contributed by atoms with van der Waals surface area (Å²) in [7, 11) is -3.54. The van der Waals surface area contributed by atoms with Crippen LogP contribution < -0.4 is 10.5 Å². The molecule has 118 valence electrons. The second-order valence-corrected chi connectivity index (χ2v) is 8.12. The van der Waals surface area contributed by atoms with Crippen molar-refractivity contribution < 1.29 is 8.42 Å². The summed E-state index contributed by atoms with van der Waals surface area (Å²) in [6.45, 7) is 6.46. The Balaban J connectivity index is 2.14. The van der Waals surface area contributed by atoms with E-state index in [2.05, 4.69) is 11.6 Å². The molecule has 2 rings (SSSR count). The Hall–Kier alpha value is -1.07. The van der Waals surface area contributed by atoms with Crippen molar-refractivity contribution in [1.82, 2.24) is 4.72 Å². The van der Waals surface area contributed by atoms with Crippen LogP contribution in [0.5, 0.6) is 0 Å². The molecule has 0 saturated heterocycles. The summed E-state index contributed by atoms with van der Waals surface area (Å²) >= 11 is 0. The fourth-order valence-corrected chi connectivity index (χ4v) is 4.75. The SMILES string of the molecule is Cc1ccc(N)c(S(=O)(=O)NCC2CCCC(C)C2)c1C. The average molecular weight is 310 g/mol. The Morgan fingerprint density at radius 2 is 2.00 bits per heavy atom. The molecule has 2 unspecified atom stereocenters. The molecule has 0 radical (unpaired) electrons. The number of anilines is 1. The van der Waals surface area contributed by atoms with E-state index in [-0.39, 0.29) is 4.90 Å². The second kappa shape index (κ2) is 6.36. The van der Waals surface area contributed by atoms with Crippen molar-refractivity contribution in [2.24, 2.45) is 11.8 Å². The lowest BCUT2D eigenvalue weighted by Crippen LogP contribution is -2.32. The van der Waals surface area contributed by atoms with Crippen molar-refractivity contribution in [3.63, 3.8) is 0 Å². The van der Waals surface area contributed by atoms with Gasteiger partial charge in [-0.3, -0.25) is 0 Å². The molecule has 1 aromatic carbocycles. The number of nitrogen functional groups attached to an aromatic ring is 1. The monoisotopic (exact) mass is 310 g/mol. The van der Waals surface area contributed by atoms with Crippen LogP contribution in [0.4, 0.5) is 5.69 Å². The molecule has 4 nitrogen and oxygen atoms in total. The van der Waals surface area contributed by atoms with Gasteiger partial charge in [0.1, 0.15) is 4.90 Å². The van der Waals surface area contributed by atoms with Gasteiger partial charge in [0.15, 0.2) is 0 Å². The highest BCUT2D eigenvalue weighted by atomic mass is 32.2. The molecule has 0 spiro atoms. The molecule has 21 heavy (non-hydrogen) atoms. The number of hydrogen-bond donors (Lipinski definition) is 2. The Morgan fingerprint density at radius 1 is 1.29 bits per heavy atom. The van der Waals surface area contributed by atoms with E-state index >= 15 is 0 Å². The van der Waals surface area contributed by atoms with E-state index in [0.717, 1.165) is 24.0 Å². The topological polar surface area (TPSA) is 72.2 Å². The fourth-order valence-electron chi connectivity index (χ4n) is 3.21. The summed E-state index contributed by atoms with van der Waals surface area (Å²) in [5, 5.41) is 0. The zero-order valence-corrected chi connectivity index (χ0v) is 14.0. The van der Waals surface area contributed by atoms with Gasteiger partial charge in [0, 0.05) is 6.54 Å². The molecule has 0 aliphatic heterocycles. The molecule has 1 saturated carbocycles. The molecule has 0 aromatic heterocycles. The van der Waals surface area contributed by atoms with Crippen LogP contribution in [-0.2, 0) is 10.0 Å². The molecule has 1 aliphatic carbocycles. The summed E-state index contributed by atoms with van der Waals surface area (Å²) in [5.74, 6) is 1.13. The zero-order valence-electron chi connectivity index (χ0n) is 13.1. The minimum absolute atomic E-state index is 0.242. The Bertz CT molecular complexity index is 611. The van der Waals surface area contributed by atoms with E-state index < -0.39 is 10.0 Å². The predicted octanol–water partition coefficient (Wildman–Crippen LogP) is 2.99. The summed E-state index contributed by atoms with van der Waals surface area (Å²) in [5.41, 5.74) is 7.89. The van der Waals surface area contributed by atoms with Crippen LogP contribution >= 0.6 is 0 Å². The number of nitrogens with two attached hydrogens (primary N) is 1. The quantitative estimate of drug-likeness (QED) is 0.840. The third-order valence-electron chi connectivity index (χ3n) is 4.58. The lowest BCUT2D eigenvalue weighted by Gasteiger charge is -2.27. The Morgan fingerprint density at radius 3 is 2.67 bits per heavy atom. The van der Waals surface area contributed by atoms with E-state index in [1.165, 1.54) is 12.8 Å². The van der Waals surface area contributed by atoms with E-state index in [0.29, 0.717) is 24.1 Å². The van der Waals surface area contributed by atoms with Gasteiger partial charge in [-0.15, -0.1) is 0 Å². The van der Waals surface area contributed by atoms with Gasteiger partial charge >= 0.3 is 0 Å². The van der Waals surface area contributed by atoms with Crippen molar-refractivity contribution >= 4 is 15.7 Å². The highest BCUT2D eigenvalue weighted by Crippen LogP contribution is 2.29. The van der Waals surface area contributed by atoms with Gasteiger partial charge in [-0.1, -0.05) is 25.8 Å². The van der Waals surface area contributed by atoms with Crippen molar-refractivity contribution in [1.29, 1.82) is 0 Å². The lowest BCUT2D eigenvalue weighted by atomic mass is 9.83. The Labute approximate surface area is 128 Å². The standard InChI is InChI=1S/C16H26N2O2S/c1-11-5-4-6-14(9-11)10-18-21(19,20)16-13(3)12(2)7-8-15(16)17/h7-8,11,14,18H,4-6,9-10,17H2,1-3H3. The minimum Gasteiger partial charge on any atom is -0.398 e. The van der Waals surface area contributed by atoms with Gasteiger partial charge in [0.05, 0.1) is 5.69 Å². The number of rotatable bonds is 4. The van der Waals surface area contributed by atoms with Crippen LogP contribution in [0.2, 0.25) is 0 Å². The molecule has 1 aromatic rings. The fraction of sp³-hybridized carbons (Fsp3) is 0.625. The van der Waals surface area contributed by atoms with E-state index in [9.17, 15) is 8.42 Å². The average Bonchev–Trinajstić information content (AvgIpc) is 2.41. The maximum atomic E-state index is 12.6. The van der Waals surface area contributed by atoms with Crippen LogP contribution in [0.3, 0.4) is 0 Å². The number of benzene rings is 1. The molecule has 3 N–H and O–H groups in total. The molecule has 1 aliphatic rings. The van der Waals surface area contributed by atoms with Crippen molar-refractivity contribution in [2.45, 2.75) is 51.3 Å². The molecule has 0 amide bonds. The van der Waals surface area contributed by atoms with Crippen LogP contribution in [0, 0.1) is 25.7 Å². The molecule has 5 heteroatoms. The van der Waals surface area contributed by atoms with E-state index in [4.69, 9.17) is 5.73 Å². The van der Waals surface area contributed by atoms with Gasteiger partial charge in [-0.25, -0.2) is 13.1 Å². The molecule has 0 bridgehead atoms. The first kappa shape index (κ1) is 16.3. The normalized spacial score (nSPS) is 23.2. The highest BCUT2D eigenvalue weighted by molar-refractivity contribution is 7.89. The highest BCUT2D eigenvalue weighted by Gasteiger charge is 2.24. The Kier molecular flexibility index (Phi) is 4.94. The van der Waals surface area contributed by atoms with Gasteiger partial charge < -0.3 is 5.73 Å². The van der Waals surface area contributed by atoms with E-state index in [1.807, 2.05) is 19.9 Å². The first-order valence-electron chi connectivity index (χ1n) is 7.66. The van der Waals surface area contributed by atoms with E-state index in [1.54, 1.807) is 6.07 Å². The van der Waals surface area contributed by atoms with Crippen molar-refractivity contribution in [3.05, 3.63) is 23.3 Å². The number of aryl methyl sites for hydroxylation is 1. The van der Waals surface area contributed by atoms with Gasteiger partial charge in [0.2, 0.25) is 10.0 Å². The minimum atomic E-state index is -3.54. The molecular formula is C16H26N2O2S. The maximum absolute atomic E-state index is 12.6. The van der Waals surface area contributed by atoms with Crippen LogP contribution in [0.15, 0.2) is 17.0 Å². The smallest absolute Gasteiger partial charge is 0.242 e. The van der Waals surface area contributed by atoms with Crippen LogP contribution in [-0.4, -0.2) is 15.0 Å². The summed E-state index contributed by atoms with van der Waals surface area (Å²) in [6.07, 6.45) is 4.66. The molecule has 2 atom stereocenters. The third kappa shape index (κ3) is 3.77. The first-order chi connectivity index (χ1) is 9.81. The predicted molar refractivity (Wildman–Crippen MR) is 86.6 cm³/mol. The van der Waals surface area contributed by atoms with Crippen LogP contribution in [0.1, 0.15) is 43.7 Å². The lowest BCUT2D eigenvalue weighted by molar-refractivity contribution is 0.283. The van der Waals surface area contributed by atoms with Gasteiger partial charge in [0.25, 0.3) is 0 Å². The summed E-state index contributed by atoms with van der Waals surface area (Å²) in [4.78, 5) is 0.242. The zero-order chi connectivity index (χ0) is 15.6. The van der Waals surface area contributed by atoms with Crippen molar-refractivity contribution in [2.75, 3.05) is 12.3 Å². The first-order valence-corrected chi connectivity index (χ1v) is 9.15. The van der Waals surface area contributed by atoms with Gasteiger partial charge in [-0.2, -0.15) is 0 Å². The van der Waals surface area contributed by atoms with Crippen molar-refractivity contribution in [3.8, 4) is 0 Å². The largest absolute Gasteiger partial charge is 0.398 e. The molecule has 1 fully saturated rings. The molecular weight excluding hydrogens is 284 g/mol. The molecule has 0 heterocycles. The maximum Gasteiger partial charge on any atom is 0.242 e. The summed E-state index contributed by atoms with van der Waals surface area (Å²) in [6, 6.07) is 3.52. The second-order valence-electron chi connectivity index (χ2n) is 6.42. The number of nitrogens with one attached hydrogen (secondary N) is 1.